The fourth-order valence-corrected chi connectivity index (χ4v) is 2.75. The zero-order valence-electron chi connectivity index (χ0n) is 17.2. The summed E-state index contributed by atoms with van der Waals surface area (Å²) in [5, 5.41) is 3.07. The number of carbonyl (C=O) groups excluding carboxylic acids is 4. The number of likely N-dealkylation sites (N-methyl/N-ethyl adjacent to an activating group) is 2. The van der Waals surface area contributed by atoms with Crippen molar-refractivity contribution in [3.63, 3.8) is 0 Å². The molecule has 7 nitrogen and oxygen atoms in total. The highest BCUT2D eigenvalue weighted by Crippen LogP contribution is 2.21. The van der Waals surface area contributed by atoms with Crippen LogP contribution in [0.25, 0.3) is 0 Å². The maximum atomic E-state index is 12.7. The molecule has 0 aliphatic heterocycles. The molecule has 2 atom stereocenters. The Morgan fingerprint density at radius 3 is 2.04 bits per heavy atom. The molecule has 150 valence electrons. The van der Waals surface area contributed by atoms with Gasteiger partial charge in [-0.05, 0) is 24.7 Å². The molecule has 0 aliphatic rings. The van der Waals surface area contributed by atoms with Crippen LogP contribution in [0.1, 0.15) is 53.9 Å². The first-order valence-electron chi connectivity index (χ1n) is 9.24. The number of hydrogen-bond donors (Lipinski definition) is 1. The first kappa shape index (κ1) is 24.2. The first-order chi connectivity index (χ1) is 12.0. The van der Waals surface area contributed by atoms with E-state index in [1.165, 1.54) is 16.8 Å². The van der Waals surface area contributed by atoms with E-state index in [2.05, 4.69) is 5.32 Å². The van der Waals surface area contributed by atoms with Crippen molar-refractivity contribution in [3.05, 3.63) is 0 Å². The van der Waals surface area contributed by atoms with Gasteiger partial charge in [0.2, 0.25) is 11.8 Å². The minimum Gasteiger partial charge on any atom is -0.336 e. The standard InChI is InChI=1S/C19H35N3O4/c1-8-9-17(25)21(6)11-18(26)22(7)19(13-24,10-14(2)3)20-16(12-23)15(4)5/h12-16,20H,8-11H2,1-7H3/t16-,19?/m0/s1. The predicted octanol–water partition coefficient (Wildman–Crippen LogP) is 1.46. The monoisotopic (exact) mass is 369 g/mol. The van der Waals surface area contributed by atoms with E-state index in [-0.39, 0.29) is 30.2 Å². The van der Waals surface area contributed by atoms with Crippen LogP contribution < -0.4 is 5.32 Å². The Morgan fingerprint density at radius 2 is 1.65 bits per heavy atom. The minimum atomic E-state index is -1.30. The number of amides is 2. The molecular weight excluding hydrogens is 334 g/mol. The maximum absolute atomic E-state index is 12.7. The second-order valence-electron chi connectivity index (χ2n) is 7.64. The quantitative estimate of drug-likeness (QED) is 0.416. The lowest BCUT2D eigenvalue weighted by atomic mass is 9.93. The molecule has 26 heavy (non-hydrogen) atoms. The summed E-state index contributed by atoms with van der Waals surface area (Å²) in [5.41, 5.74) is -1.30. The van der Waals surface area contributed by atoms with Crippen LogP contribution in [-0.2, 0) is 19.2 Å². The van der Waals surface area contributed by atoms with E-state index in [0.717, 1.165) is 6.29 Å². The van der Waals surface area contributed by atoms with Crippen molar-refractivity contribution < 1.29 is 19.2 Å². The smallest absolute Gasteiger partial charge is 0.243 e. The number of hydrogen-bond acceptors (Lipinski definition) is 5. The molecule has 0 spiro atoms. The van der Waals surface area contributed by atoms with Gasteiger partial charge in [0, 0.05) is 20.5 Å². The zero-order chi connectivity index (χ0) is 20.5. The van der Waals surface area contributed by atoms with Gasteiger partial charge in [0.15, 0.2) is 11.9 Å². The Labute approximate surface area is 157 Å². The molecule has 0 saturated carbocycles. The number of rotatable bonds is 12. The van der Waals surface area contributed by atoms with Crippen molar-refractivity contribution in [2.75, 3.05) is 20.6 Å². The van der Waals surface area contributed by atoms with Gasteiger partial charge in [-0.2, -0.15) is 0 Å². The lowest BCUT2D eigenvalue weighted by Crippen LogP contribution is -2.65. The molecule has 0 fully saturated rings. The molecule has 0 rings (SSSR count). The van der Waals surface area contributed by atoms with Crippen molar-refractivity contribution >= 4 is 24.4 Å². The molecule has 1 N–H and O–H groups in total. The molecule has 2 amide bonds. The van der Waals surface area contributed by atoms with E-state index in [0.29, 0.717) is 25.5 Å². The first-order valence-corrected chi connectivity index (χ1v) is 9.24. The zero-order valence-corrected chi connectivity index (χ0v) is 17.2. The third kappa shape index (κ3) is 6.86. The lowest BCUT2D eigenvalue weighted by Gasteiger charge is -2.42. The lowest BCUT2D eigenvalue weighted by molar-refractivity contribution is -0.147. The van der Waals surface area contributed by atoms with E-state index in [9.17, 15) is 19.2 Å². The average molecular weight is 370 g/mol. The largest absolute Gasteiger partial charge is 0.336 e. The second kappa shape index (κ2) is 11.1. The third-order valence-corrected chi connectivity index (χ3v) is 4.43. The summed E-state index contributed by atoms with van der Waals surface area (Å²) in [6, 6.07) is -0.561. The number of carbonyl (C=O) groups is 4. The van der Waals surface area contributed by atoms with Crippen molar-refractivity contribution in [2.45, 2.75) is 65.6 Å². The highest BCUT2D eigenvalue weighted by atomic mass is 16.2. The summed E-state index contributed by atoms with van der Waals surface area (Å²) in [6.07, 6.45) is 2.89. The van der Waals surface area contributed by atoms with Gasteiger partial charge in [0.05, 0.1) is 12.6 Å². The molecule has 7 heteroatoms. The van der Waals surface area contributed by atoms with Gasteiger partial charge in [-0.1, -0.05) is 34.6 Å². The summed E-state index contributed by atoms with van der Waals surface area (Å²) in [6.45, 7) is 9.42. The topological polar surface area (TPSA) is 86.8 Å². The summed E-state index contributed by atoms with van der Waals surface area (Å²) < 4.78 is 0. The molecular formula is C19H35N3O4. The van der Waals surface area contributed by atoms with E-state index in [1.807, 2.05) is 34.6 Å². The summed E-state index contributed by atoms with van der Waals surface area (Å²) in [4.78, 5) is 50.8. The van der Waals surface area contributed by atoms with Crippen LogP contribution in [0.2, 0.25) is 0 Å². The Balaban J connectivity index is 5.52. The van der Waals surface area contributed by atoms with Gasteiger partial charge in [-0.15, -0.1) is 0 Å². The summed E-state index contributed by atoms with van der Waals surface area (Å²) >= 11 is 0. The number of nitrogens with zero attached hydrogens (tertiary/aromatic N) is 2. The Hall–Kier alpha value is -1.76. The molecule has 0 heterocycles. The summed E-state index contributed by atoms with van der Waals surface area (Å²) in [7, 11) is 3.11. The average Bonchev–Trinajstić information content (AvgIpc) is 2.57. The van der Waals surface area contributed by atoms with Gasteiger partial charge in [0.1, 0.15) is 6.29 Å². The Morgan fingerprint density at radius 1 is 1.08 bits per heavy atom. The SMILES string of the molecule is CCCC(=O)N(C)CC(=O)N(C)C(C=O)(CC(C)C)N[C@@H](C=O)C(C)C. The van der Waals surface area contributed by atoms with E-state index in [1.54, 1.807) is 7.05 Å². The van der Waals surface area contributed by atoms with Crippen molar-refractivity contribution in [3.8, 4) is 0 Å². The van der Waals surface area contributed by atoms with Gasteiger partial charge in [-0.3, -0.25) is 19.7 Å². The van der Waals surface area contributed by atoms with Gasteiger partial charge < -0.3 is 14.6 Å². The molecule has 0 radical (unpaired) electrons. The Kier molecular flexibility index (Phi) is 10.3. The van der Waals surface area contributed by atoms with Gasteiger partial charge in [-0.25, -0.2) is 0 Å². The molecule has 0 aromatic carbocycles. The number of aldehydes is 2. The van der Waals surface area contributed by atoms with Crippen LogP contribution in [0.5, 0.6) is 0 Å². The molecule has 0 bridgehead atoms. The van der Waals surface area contributed by atoms with E-state index < -0.39 is 11.7 Å². The fraction of sp³-hybridized carbons (Fsp3) is 0.789. The van der Waals surface area contributed by atoms with Crippen LogP contribution in [0.3, 0.4) is 0 Å². The van der Waals surface area contributed by atoms with Crippen molar-refractivity contribution in [2.24, 2.45) is 11.8 Å². The van der Waals surface area contributed by atoms with Crippen LogP contribution in [0.4, 0.5) is 0 Å². The van der Waals surface area contributed by atoms with Crippen LogP contribution in [0, 0.1) is 11.8 Å². The van der Waals surface area contributed by atoms with Crippen LogP contribution in [0.15, 0.2) is 0 Å². The summed E-state index contributed by atoms with van der Waals surface area (Å²) in [5.74, 6) is -0.389. The fourth-order valence-electron chi connectivity index (χ4n) is 2.75. The van der Waals surface area contributed by atoms with Crippen molar-refractivity contribution in [1.82, 2.24) is 15.1 Å². The van der Waals surface area contributed by atoms with Crippen LogP contribution >= 0.6 is 0 Å². The molecule has 0 aromatic heterocycles. The van der Waals surface area contributed by atoms with E-state index >= 15 is 0 Å². The number of nitrogens with one attached hydrogen (secondary N) is 1. The van der Waals surface area contributed by atoms with Crippen molar-refractivity contribution in [1.29, 1.82) is 0 Å². The Bertz CT molecular complexity index is 493. The molecule has 1 unspecified atom stereocenters. The highest BCUT2D eigenvalue weighted by molar-refractivity contribution is 5.87. The van der Waals surface area contributed by atoms with Gasteiger partial charge >= 0.3 is 0 Å². The van der Waals surface area contributed by atoms with Crippen LogP contribution in [-0.4, -0.2) is 66.5 Å². The predicted molar refractivity (Wildman–Crippen MR) is 101 cm³/mol. The molecule has 0 aromatic rings. The van der Waals surface area contributed by atoms with E-state index in [4.69, 9.17) is 0 Å². The minimum absolute atomic E-state index is 0.0312. The van der Waals surface area contributed by atoms with Gasteiger partial charge in [0.25, 0.3) is 0 Å². The maximum Gasteiger partial charge on any atom is 0.243 e. The second-order valence-corrected chi connectivity index (χ2v) is 7.64. The third-order valence-electron chi connectivity index (χ3n) is 4.43. The normalized spacial score (nSPS) is 14.7. The molecule has 0 aliphatic carbocycles. The molecule has 0 saturated heterocycles. The highest BCUT2D eigenvalue weighted by Gasteiger charge is 2.40.